The maximum atomic E-state index is 11.2. The number of rotatable bonds is 6. The van der Waals surface area contributed by atoms with Crippen LogP contribution in [-0.2, 0) is 19.1 Å². The first kappa shape index (κ1) is 13.4. The van der Waals surface area contributed by atoms with Gasteiger partial charge in [0, 0.05) is 6.08 Å². The monoisotopic (exact) mass is 212 g/mol. The van der Waals surface area contributed by atoms with E-state index >= 15 is 0 Å². The molecule has 4 heteroatoms. The number of carbonyl (C=O) groups is 2. The summed E-state index contributed by atoms with van der Waals surface area (Å²) in [6, 6.07) is 0. The zero-order chi connectivity index (χ0) is 11.7. The Balaban J connectivity index is 4.39. The maximum absolute atomic E-state index is 11.2. The average molecular weight is 212 g/mol. The molecule has 0 aromatic heterocycles. The zero-order valence-electron chi connectivity index (χ0n) is 9.12. The van der Waals surface area contributed by atoms with Crippen molar-refractivity contribution in [3.8, 4) is 0 Å². The predicted molar refractivity (Wildman–Crippen MR) is 55.9 cm³/mol. The third-order valence-electron chi connectivity index (χ3n) is 1.73. The maximum Gasteiger partial charge on any atom is 0.336 e. The van der Waals surface area contributed by atoms with Crippen LogP contribution in [0.4, 0.5) is 0 Å². The summed E-state index contributed by atoms with van der Waals surface area (Å²) in [5, 5.41) is 0. The minimum Gasteiger partial charge on any atom is -0.466 e. The van der Waals surface area contributed by atoms with Crippen molar-refractivity contribution in [1.82, 2.24) is 0 Å². The van der Waals surface area contributed by atoms with Crippen molar-refractivity contribution in [3.63, 3.8) is 0 Å². The summed E-state index contributed by atoms with van der Waals surface area (Å²) in [4.78, 5) is 22.0. The fourth-order valence-electron chi connectivity index (χ4n) is 0.885. The van der Waals surface area contributed by atoms with Gasteiger partial charge in [-0.15, -0.1) is 0 Å². The molecule has 0 aromatic carbocycles. The van der Waals surface area contributed by atoms with Crippen molar-refractivity contribution < 1.29 is 19.1 Å². The number of ether oxygens (including phenoxy) is 2. The molecular formula is C11H16O4. The van der Waals surface area contributed by atoms with Crippen molar-refractivity contribution >= 4 is 11.9 Å². The van der Waals surface area contributed by atoms with E-state index in [2.05, 4.69) is 16.1 Å². The van der Waals surface area contributed by atoms with Crippen LogP contribution in [0.5, 0.6) is 0 Å². The van der Waals surface area contributed by atoms with E-state index in [1.807, 2.05) is 6.92 Å². The number of esters is 2. The molecule has 0 aliphatic heterocycles. The highest BCUT2D eigenvalue weighted by Gasteiger charge is 2.10. The Labute approximate surface area is 89.6 Å². The fraction of sp³-hybridized carbons (Fsp3) is 0.455. The van der Waals surface area contributed by atoms with Crippen LogP contribution < -0.4 is 0 Å². The molecule has 0 amide bonds. The summed E-state index contributed by atoms with van der Waals surface area (Å²) >= 11 is 0. The van der Waals surface area contributed by atoms with E-state index in [1.54, 1.807) is 0 Å². The van der Waals surface area contributed by atoms with Gasteiger partial charge in [0.05, 0.1) is 12.7 Å². The molecule has 0 heterocycles. The first-order valence-corrected chi connectivity index (χ1v) is 4.76. The molecule has 84 valence electrons. The molecule has 0 fully saturated rings. The quantitative estimate of drug-likeness (QED) is 0.383. The van der Waals surface area contributed by atoms with E-state index < -0.39 is 11.9 Å². The van der Waals surface area contributed by atoms with E-state index in [4.69, 9.17) is 0 Å². The molecule has 0 radical (unpaired) electrons. The van der Waals surface area contributed by atoms with Crippen LogP contribution in [0.1, 0.15) is 26.2 Å². The molecule has 0 unspecified atom stereocenters. The Morgan fingerprint density at radius 3 is 2.53 bits per heavy atom. The third kappa shape index (κ3) is 5.67. The number of hydrogen-bond acceptors (Lipinski definition) is 4. The van der Waals surface area contributed by atoms with Crippen LogP contribution in [0.15, 0.2) is 24.5 Å². The molecule has 0 spiro atoms. The lowest BCUT2D eigenvalue weighted by Crippen LogP contribution is -2.06. The van der Waals surface area contributed by atoms with Crippen LogP contribution in [0.25, 0.3) is 0 Å². The second-order valence-electron chi connectivity index (χ2n) is 2.88. The SMILES string of the molecule is C=CC(=O)O/C=C(\CCCC)C(=O)OC. The van der Waals surface area contributed by atoms with E-state index in [1.165, 1.54) is 7.11 Å². The van der Waals surface area contributed by atoms with Gasteiger partial charge in [0.2, 0.25) is 0 Å². The van der Waals surface area contributed by atoms with E-state index in [0.29, 0.717) is 12.0 Å². The molecule has 4 nitrogen and oxygen atoms in total. The van der Waals surface area contributed by atoms with Crippen molar-refractivity contribution in [2.45, 2.75) is 26.2 Å². The summed E-state index contributed by atoms with van der Waals surface area (Å²) in [5.74, 6) is -1.06. The Morgan fingerprint density at radius 2 is 2.07 bits per heavy atom. The van der Waals surface area contributed by atoms with E-state index in [9.17, 15) is 9.59 Å². The van der Waals surface area contributed by atoms with Crippen molar-refractivity contribution in [2.24, 2.45) is 0 Å². The van der Waals surface area contributed by atoms with E-state index in [0.717, 1.165) is 25.2 Å². The molecule has 15 heavy (non-hydrogen) atoms. The second-order valence-corrected chi connectivity index (χ2v) is 2.88. The number of hydrogen-bond donors (Lipinski definition) is 0. The molecule has 0 saturated heterocycles. The van der Waals surface area contributed by atoms with Gasteiger partial charge in [-0.25, -0.2) is 9.59 Å². The fourth-order valence-corrected chi connectivity index (χ4v) is 0.885. The van der Waals surface area contributed by atoms with Gasteiger partial charge in [-0.3, -0.25) is 0 Å². The Bertz CT molecular complexity index is 266. The lowest BCUT2D eigenvalue weighted by Gasteiger charge is -2.03. The predicted octanol–water partition coefficient (Wildman–Crippen LogP) is 1.96. The standard InChI is InChI=1S/C11H16O4/c1-4-6-7-9(11(13)14-3)8-15-10(12)5-2/h5,8H,2,4,6-7H2,1,3H3/b9-8+. The lowest BCUT2D eigenvalue weighted by atomic mass is 10.1. The highest BCUT2D eigenvalue weighted by molar-refractivity contribution is 5.89. The molecule has 0 saturated carbocycles. The van der Waals surface area contributed by atoms with Gasteiger partial charge in [0.1, 0.15) is 6.26 Å². The summed E-state index contributed by atoms with van der Waals surface area (Å²) in [6.45, 7) is 5.25. The van der Waals surface area contributed by atoms with Gasteiger partial charge in [-0.2, -0.15) is 0 Å². The lowest BCUT2D eigenvalue weighted by molar-refractivity contribution is -0.136. The van der Waals surface area contributed by atoms with Crippen LogP contribution >= 0.6 is 0 Å². The molecule has 0 N–H and O–H groups in total. The van der Waals surface area contributed by atoms with Crippen LogP contribution in [-0.4, -0.2) is 19.0 Å². The van der Waals surface area contributed by atoms with Crippen LogP contribution in [0, 0.1) is 0 Å². The molecule has 0 aliphatic rings. The molecule has 0 rings (SSSR count). The van der Waals surface area contributed by atoms with Gasteiger partial charge in [0.15, 0.2) is 0 Å². The Hall–Kier alpha value is -1.58. The minimum atomic E-state index is -0.590. The molecule has 0 aromatic rings. The summed E-state index contributed by atoms with van der Waals surface area (Å²) in [6.07, 6.45) is 4.49. The van der Waals surface area contributed by atoms with E-state index in [-0.39, 0.29) is 0 Å². The minimum absolute atomic E-state index is 0.356. The highest BCUT2D eigenvalue weighted by Crippen LogP contribution is 2.09. The second kappa shape index (κ2) is 7.79. The third-order valence-corrected chi connectivity index (χ3v) is 1.73. The Kier molecular flexibility index (Phi) is 6.97. The van der Waals surface area contributed by atoms with Crippen molar-refractivity contribution in [1.29, 1.82) is 0 Å². The largest absolute Gasteiger partial charge is 0.466 e. The summed E-state index contributed by atoms with van der Waals surface area (Å²) < 4.78 is 9.20. The number of unbranched alkanes of at least 4 members (excludes halogenated alkanes) is 1. The van der Waals surface area contributed by atoms with Crippen molar-refractivity contribution in [3.05, 3.63) is 24.5 Å². The first-order chi connectivity index (χ1) is 7.15. The first-order valence-electron chi connectivity index (χ1n) is 4.76. The highest BCUT2D eigenvalue weighted by atomic mass is 16.5. The molecule has 0 atom stereocenters. The Morgan fingerprint density at radius 1 is 1.40 bits per heavy atom. The zero-order valence-corrected chi connectivity index (χ0v) is 9.12. The van der Waals surface area contributed by atoms with Crippen LogP contribution in [0.3, 0.4) is 0 Å². The molecule has 0 bridgehead atoms. The smallest absolute Gasteiger partial charge is 0.336 e. The molecule has 0 aliphatic carbocycles. The average Bonchev–Trinajstić information content (AvgIpc) is 2.27. The van der Waals surface area contributed by atoms with Gasteiger partial charge >= 0.3 is 11.9 Å². The number of carbonyl (C=O) groups excluding carboxylic acids is 2. The van der Waals surface area contributed by atoms with Crippen LogP contribution in [0.2, 0.25) is 0 Å². The summed E-state index contributed by atoms with van der Waals surface area (Å²) in [7, 11) is 1.29. The van der Waals surface area contributed by atoms with Gasteiger partial charge in [-0.05, 0) is 12.8 Å². The van der Waals surface area contributed by atoms with Gasteiger partial charge in [0.25, 0.3) is 0 Å². The number of methoxy groups -OCH3 is 1. The van der Waals surface area contributed by atoms with Gasteiger partial charge in [-0.1, -0.05) is 19.9 Å². The molecular weight excluding hydrogens is 196 g/mol. The van der Waals surface area contributed by atoms with Gasteiger partial charge < -0.3 is 9.47 Å². The summed E-state index contributed by atoms with van der Waals surface area (Å²) in [5.41, 5.74) is 0.356. The normalized spacial score (nSPS) is 10.7. The topological polar surface area (TPSA) is 52.6 Å². The van der Waals surface area contributed by atoms with Crippen molar-refractivity contribution in [2.75, 3.05) is 7.11 Å².